The minimum absolute atomic E-state index is 0.00169. The summed E-state index contributed by atoms with van der Waals surface area (Å²) in [5, 5.41) is 11.2. The van der Waals surface area contributed by atoms with Crippen LogP contribution in [0, 0.1) is 17.0 Å². The first kappa shape index (κ1) is 15.3. The predicted octanol–water partition coefficient (Wildman–Crippen LogP) is 3.68. The van der Waals surface area contributed by atoms with Gasteiger partial charge in [0.2, 0.25) is 5.88 Å². The van der Waals surface area contributed by atoms with Crippen molar-refractivity contribution >= 4 is 34.7 Å². The Labute approximate surface area is 129 Å². The Balaban J connectivity index is 2.34. The number of nitrogens with two attached hydrogens (primary N) is 1. The van der Waals surface area contributed by atoms with Crippen LogP contribution >= 0.6 is 23.2 Å². The summed E-state index contributed by atoms with van der Waals surface area (Å²) in [6.45, 7) is 1.61. The van der Waals surface area contributed by atoms with E-state index in [-0.39, 0.29) is 27.4 Å². The van der Waals surface area contributed by atoms with E-state index in [0.717, 1.165) is 0 Å². The molecule has 9 heteroatoms. The van der Waals surface area contributed by atoms with E-state index in [1.54, 1.807) is 6.92 Å². The van der Waals surface area contributed by atoms with Gasteiger partial charge in [-0.3, -0.25) is 10.1 Å². The minimum Gasteiger partial charge on any atom is -0.437 e. The third-order valence-corrected chi connectivity index (χ3v) is 3.17. The van der Waals surface area contributed by atoms with Crippen molar-refractivity contribution in [3.05, 3.63) is 50.0 Å². The largest absolute Gasteiger partial charge is 0.437 e. The van der Waals surface area contributed by atoms with Crippen molar-refractivity contribution in [2.75, 3.05) is 5.43 Å². The van der Waals surface area contributed by atoms with Gasteiger partial charge in [0.1, 0.15) is 10.8 Å². The summed E-state index contributed by atoms with van der Waals surface area (Å²) >= 11 is 11.8. The van der Waals surface area contributed by atoms with E-state index in [4.69, 9.17) is 33.8 Å². The number of rotatable bonds is 4. The maximum absolute atomic E-state index is 10.8. The average Bonchev–Trinajstić information content (AvgIpc) is 2.41. The first-order valence-corrected chi connectivity index (χ1v) is 6.43. The zero-order valence-corrected chi connectivity index (χ0v) is 12.3. The van der Waals surface area contributed by atoms with Crippen molar-refractivity contribution in [2.45, 2.75) is 6.92 Å². The van der Waals surface area contributed by atoms with Crippen molar-refractivity contribution in [3.8, 4) is 11.6 Å². The third kappa shape index (κ3) is 3.33. The molecule has 21 heavy (non-hydrogen) atoms. The van der Waals surface area contributed by atoms with Gasteiger partial charge in [-0.2, -0.15) is 4.98 Å². The van der Waals surface area contributed by atoms with Crippen LogP contribution in [0.25, 0.3) is 0 Å². The van der Waals surface area contributed by atoms with Gasteiger partial charge in [0.15, 0.2) is 5.82 Å². The second-order valence-corrected chi connectivity index (χ2v) is 4.87. The molecule has 0 saturated carbocycles. The summed E-state index contributed by atoms with van der Waals surface area (Å²) in [6.07, 6.45) is 0. The van der Waals surface area contributed by atoms with Gasteiger partial charge in [0, 0.05) is 11.6 Å². The van der Waals surface area contributed by atoms with E-state index in [1.165, 1.54) is 24.3 Å². The number of nitrogens with one attached hydrogen (secondary N) is 1. The van der Waals surface area contributed by atoms with E-state index >= 15 is 0 Å². The van der Waals surface area contributed by atoms with Crippen molar-refractivity contribution < 1.29 is 9.66 Å². The lowest BCUT2D eigenvalue weighted by molar-refractivity contribution is -0.385. The number of nitrogen functional groups attached to an aromatic ring is 1. The van der Waals surface area contributed by atoms with E-state index in [2.05, 4.69) is 10.4 Å². The molecule has 0 fully saturated rings. The molecule has 7 nitrogen and oxygen atoms in total. The van der Waals surface area contributed by atoms with Gasteiger partial charge < -0.3 is 10.2 Å². The Morgan fingerprint density at radius 1 is 1.33 bits per heavy atom. The number of halogens is 2. The van der Waals surface area contributed by atoms with E-state index in [0.29, 0.717) is 11.3 Å². The first-order chi connectivity index (χ1) is 9.92. The van der Waals surface area contributed by atoms with Crippen LogP contribution in [-0.2, 0) is 0 Å². The molecule has 0 aliphatic rings. The minimum atomic E-state index is -0.469. The molecular weight excluding hydrogens is 319 g/mol. The highest BCUT2D eigenvalue weighted by molar-refractivity contribution is 6.36. The molecule has 0 unspecified atom stereocenters. The number of nitro benzene ring substituents is 1. The van der Waals surface area contributed by atoms with Gasteiger partial charge >= 0.3 is 0 Å². The van der Waals surface area contributed by atoms with Crippen molar-refractivity contribution in [3.63, 3.8) is 0 Å². The molecule has 1 aromatic heterocycles. The lowest BCUT2D eigenvalue weighted by atomic mass is 10.2. The van der Waals surface area contributed by atoms with Crippen LogP contribution in [-0.4, -0.2) is 9.91 Å². The van der Waals surface area contributed by atoms with E-state index in [1.807, 2.05) is 0 Å². The molecule has 0 spiro atoms. The topological polar surface area (TPSA) is 103 Å². The molecule has 2 aromatic rings. The number of aromatic nitrogens is 1. The summed E-state index contributed by atoms with van der Waals surface area (Å²) in [7, 11) is 0. The van der Waals surface area contributed by atoms with E-state index in [9.17, 15) is 10.1 Å². The molecule has 0 aliphatic carbocycles. The van der Waals surface area contributed by atoms with Crippen molar-refractivity contribution in [1.82, 2.24) is 4.98 Å². The zero-order chi connectivity index (χ0) is 15.6. The Kier molecular flexibility index (Phi) is 4.46. The predicted molar refractivity (Wildman–Crippen MR) is 80.0 cm³/mol. The maximum atomic E-state index is 10.8. The Hall–Kier alpha value is -2.09. The zero-order valence-electron chi connectivity index (χ0n) is 10.8. The number of ether oxygens (including phenoxy) is 1. The third-order valence-electron chi connectivity index (χ3n) is 2.61. The molecule has 0 aliphatic heterocycles. The lowest BCUT2D eigenvalue weighted by Crippen LogP contribution is -2.09. The van der Waals surface area contributed by atoms with Gasteiger partial charge in [0.25, 0.3) is 5.69 Å². The molecule has 3 N–H and O–H groups in total. The molecule has 1 heterocycles. The highest BCUT2D eigenvalue weighted by Crippen LogP contribution is 2.34. The summed E-state index contributed by atoms with van der Waals surface area (Å²) in [6, 6.07) is 5.74. The SMILES string of the molecule is Cc1cc(Oc2nc(NN)c(Cl)cc2Cl)ccc1[N+](=O)[O-]. The number of pyridine rings is 1. The summed E-state index contributed by atoms with van der Waals surface area (Å²) in [4.78, 5) is 14.3. The number of nitro groups is 1. The first-order valence-electron chi connectivity index (χ1n) is 5.68. The highest BCUT2D eigenvalue weighted by Gasteiger charge is 2.14. The second-order valence-electron chi connectivity index (χ2n) is 4.06. The molecular formula is C12H10Cl2N4O3. The van der Waals surface area contributed by atoms with Gasteiger partial charge in [-0.25, -0.2) is 5.84 Å². The van der Waals surface area contributed by atoms with Crippen LogP contribution < -0.4 is 16.0 Å². The van der Waals surface area contributed by atoms with Crippen LogP contribution in [0.5, 0.6) is 11.6 Å². The Bertz CT molecular complexity index is 709. The smallest absolute Gasteiger partial charge is 0.272 e. The molecule has 0 bridgehead atoms. The van der Waals surface area contributed by atoms with Gasteiger partial charge in [-0.1, -0.05) is 23.2 Å². The number of hydrogen-bond donors (Lipinski definition) is 2. The number of hydrogen-bond acceptors (Lipinski definition) is 6. The molecule has 0 radical (unpaired) electrons. The summed E-state index contributed by atoms with van der Waals surface area (Å²) < 4.78 is 5.50. The van der Waals surface area contributed by atoms with Crippen LogP contribution in [0.1, 0.15) is 5.56 Å². The van der Waals surface area contributed by atoms with Gasteiger partial charge in [-0.15, -0.1) is 0 Å². The Morgan fingerprint density at radius 2 is 2.05 bits per heavy atom. The average molecular weight is 329 g/mol. The van der Waals surface area contributed by atoms with Crippen LogP contribution in [0.2, 0.25) is 10.0 Å². The highest BCUT2D eigenvalue weighted by atomic mass is 35.5. The fourth-order valence-corrected chi connectivity index (χ4v) is 2.08. The fraction of sp³-hybridized carbons (Fsp3) is 0.0833. The Morgan fingerprint density at radius 3 is 2.62 bits per heavy atom. The van der Waals surface area contributed by atoms with Crippen LogP contribution in [0.15, 0.2) is 24.3 Å². The van der Waals surface area contributed by atoms with Crippen molar-refractivity contribution in [2.24, 2.45) is 5.84 Å². The number of nitrogens with zero attached hydrogens (tertiary/aromatic N) is 2. The van der Waals surface area contributed by atoms with E-state index < -0.39 is 4.92 Å². The number of benzene rings is 1. The molecule has 1 aromatic carbocycles. The lowest BCUT2D eigenvalue weighted by Gasteiger charge is -2.10. The van der Waals surface area contributed by atoms with Crippen LogP contribution in [0.4, 0.5) is 11.5 Å². The molecule has 0 saturated heterocycles. The molecule has 110 valence electrons. The fourth-order valence-electron chi connectivity index (χ4n) is 1.63. The number of hydrazine groups is 1. The molecule has 2 rings (SSSR count). The quantitative estimate of drug-likeness (QED) is 0.504. The molecule has 0 atom stereocenters. The monoisotopic (exact) mass is 328 g/mol. The summed E-state index contributed by atoms with van der Waals surface area (Å²) in [5.41, 5.74) is 2.77. The molecule has 0 amide bonds. The second kappa shape index (κ2) is 6.13. The van der Waals surface area contributed by atoms with Gasteiger partial charge in [-0.05, 0) is 25.1 Å². The standard InChI is InChI=1S/C12H10Cl2N4O3/c1-6-4-7(2-3-10(6)18(19)20)21-12-9(14)5-8(13)11(16-12)17-15/h2-5H,15H2,1H3,(H,16,17). The normalized spacial score (nSPS) is 10.3. The number of aryl methyl sites for hydroxylation is 1. The van der Waals surface area contributed by atoms with Crippen LogP contribution in [0.3, 0.4) is 0 Å². The van der Waals surface area contributed by atoms with Crippen molar-refractivity contribution in [1.29, 1.82) is 0 Å². The van der Waals surface area contributed by atoms with Gasteiger partial charge in [0.05, 0.1) is 9.95 Å². The summed E-state index contributed by atoms with van der Waals surface area (Å²) in [5.74, 6) is 5.92. The number of anilines is 1. The maximum Gasteiger partial charge on any atom is 0.272 e.